The fourth-order valence-corrected chi connectivity index (χ4v) is 11.3. The minimum atomic E-state index is -0.508. The Kier molecular flexibility index (Phi) is 9.28. The average Bonchev–Trinajstić information content (AvgIpc) is 3.89. The molecule has 0 saturated carbocycles. The molecule has 328 valence electrons. The maximum atomic E-state index is 5.18. The first-order chi connectivity index (χ1) is 33.9. The summed E-state index contributed by atoms with van der Waals surface area (Å²) in [6.07, 6.45) is 3.96. The van der Waals surface area contributed by atoms with Crippen LogP contribution in [0.25, 0.3) is 71.6 Å². The van der Waals surface area contributed by atoms with Crippen LogP contribution in [0.4, 0.5) is 17.1 Å². The Morgan fingerprint density at radius 1 is 0.435 bits per heavy atom. The summed E-state index contributed by atoms with van der Waals surface area (Å²) in [5.41, 5.74) is 15.7. The van der Waals surface area contributed by atoms with Crippen LogP contribution in [0, 0.1) is 0 Å². The van der Waals surface area contributed by atoms with Gasteiger partial charge in [0.05, 0.1) is 40.2 Å². The summed E-state index contributed by atoms with van der Waals surface area (Å²) in [7, 11) is 0. The third kappa shape index (κ3) is 6.36. The number of fused-ring (bicyclic) bond motifs is 9. The van der Waals surface area contributed by atoms with E-state index in [1.165, 1.54) is 71.3 Å². The second kappa shape index (κ2) is 15.8. The fourth-order valence-electron chi connectivity index (χ4n) is 11.3. The van der Waals surface area contributed by atoms with E-state index < -0.39 is 5.41 Å². The highest BCUT2D eigenvalue weighted by atomic mass is 15.2. The van der Waals surface area contributed by atoms with Gasteiger partial charge >= 0.3 is 0 Å². The molecule has 0 unspecified atom stereocenters. The van der Waals surface area contributed by atoms with Gasteiger partial charge in [-0.25, -0.2) is 9.97 Å². The van der Waals surface area contributed by atoms with Gasteiger partial charge in [-0.1, -0.05) is 203 Å². The van der Waals surface area contributed by atoms with E-state index in [1.807, 2.05) is 12.4 Å². The van der Waals surface area contributed by atoms with Crippen molar-refractivity contribution in [2.24, 2.45) is 0 Å². The molecule has 4 nitrogen and oxygen atoms in total. The summed E-state index contributed by atoms with van der Waals surface area (Å²) in [5.74, 6) is 0.667. The van der Waals surface area contributed by atoms with Gasteiger partial charge in [-0.2, -0.15) is 0 Å². The Balaban J connectivity index is 0.968. The van der Waals surface area contributed by atoms with Crippen LogP contribution < -0.4 is 4.90 Å². The number of benzene rings is 10. The Morgan fingerprint density at radius 3 is 1.75 bits per heavy atom. The SMILES string of the molecule is CC(C)(C)c1ccc(N(c2cnc(-c3ccc4c5ccccc5n(-c5ccc6c(c5)C(c5ccccc5)(c5ccccc5)c5ccccc5-6)c4c3)nc2)c2cc3ccccc3c3ccccc23)cc1. The third-order valence-electron chi connectivity index (χ3n) is 14.5. The van der Waals surface area contributed by atoms with E-state index in [-0.39, 0.29) is 5.41 Å². The van der Waals surface area contributed by atoms with E-state index in [1.54, 1.807) is 0 Å². The van der Waals surface area contributed by atoms with Crippen molar-refractivity contribution >= 4 is 60.4 Å². The molecule has 0 aliphatic heterocycles. The average molecular weight is 885 g/mol. The minimum Gasteiger partial charge on any atom is -0.309 e. The first kappa shape index (κ1) is 40.7. The number of anilines is 3. The largest absolute Gasteiger partial charge is 0.309 e. The van der Waals surface area contributed by atoms with Gasteiger partial charge in [0.25, 0.3) is 0 Å². The zero-order valence-corrected chi connectivity index (χ0v) is 38.8. The summed E-state index contributed by atoms with van der Waals surface area (Å²) in [6, 6.07) is 82.1. The number of aromatic nitrogens is 3. The minimum absolute atomic E-state index is 0.0257. The summed E-state index contributed by atoms with van der Waals surface area (Å²) in [6.45, 7) is 6.77. The molecule has 0 radical (unpaired) electrons. The number of rotatable bonds is 7. The summed E-state index contributed by atoms with van der Waals surface area (Å²) < 4.78 is 2.43. The van der Waals surface area contributed by atoms with Gasteiger partial charge in [-0.15, -0.1) is 0 Å². The molecule has 69 heavy (non-hydrogen) atoms. The van der Waals surface area contributed by atoms with Crippen molar-refractivity contribution in [3.05, 3.63) is 265 Å². The monoisotopic (exact) mass is 884 g/mol. The van der Waals surface area contributed by atoms with Gasteiger partial charge in [-0.3, -0.25) is 0 Å². The van der Waals surface area contributed by atoms with Crippen molar-refractivity contribution in [1.82, 2.24) is 14.5 Å². The van der Waals surface area contributed by atoms with Crippen LogP contribution in [0.3, 0.4) is 0 Å². The molecule has 1 aliphatic carbocycles. The lowest BCUT2D eigenvalue weighted by molar-refractivity contribution is 0.590. The lowest BCUT2D eigenvalue weighted by Gasteiger charge is -2.34. The molecule has 0 spiro atoms. The Bertz CT molecular complexity index is 3880. The van der Waals surface area contributed by atoms with Crippen LogP contribution in [0.15, 0.2) is 237 Å². The predicted molar refractivity (Wildman–Crippen MR) is 288 cm³/mol. The zero-order chi connectivity index (χ0) is 46.3. The fraction of sp³-hybridized carbons (Fsp3) is 0.0769. The standard InChI is InChI=1S/C65H48N4/c1-64(2,3)45-31-33-48(34-32-45)68(61-38-43-18-10-11-23-51(43)52-24-12-13-26-55(52)61)50-41-66-63(67-42-50)44-30-36-57-56-27-15-17-29-60(56)69(62(57)39-44)49-35-37-54-53-25-14-16-28-58(53)65(59(54)40-49,46-19-6-4-7-20-46)47-21-8-5-9-22-47/h4-42H,1-3H3. The quantitative estimate of drug-likeness (QED) is 0.150. The predicted octanol–water partition coefficient (Wildman–Crippen LogP) is 16.7. The van der Waals surface area contributed by atoms with Gasteiger partial charge in [0, 0.05) is 33.1 Å². The molecule has 12 aromatic rings. The molecule has 0 saturated heterocycles. The lowest BCUT2D eigenvalue weighted by atomic mass is 9.67. The first-order valence-electron chi connectivity index (χ1n) is 23.9. The zero-order valence-electron chi connectivity index (χ0n) is 38.8. The third-order valence-corrected chi connectivity index (χ3v) is 14.5. The van der Waals surface area contributed by atoms with Crippen LogP contribution in [0.2, 0.25) is 0 Å². The van der Waals surface area contributed by atoms with Crippen LogP contribution in [-0.4, -0.2) is 14.5 Å². The lowest BCUT2D eigenvalue weighted by Crippen LogP contribution is -2.28. The van der Waals surface area contributed by atoms with E-state index >= 15 is 0 Å². The van der Waals surface area contributed by atoms with E-state index in [2.05, 4.69) is 255 Å². The molecule has 0 amide bonds. The van der Waals surface area contributed by atoms with Crippen molar-refractivity contribution in [2.45, 2.75) is 31.6 Å². The molecule has 10 aromatic carbocycles. The molecular formula is C65H48N4. The normalized spacial score (nSPS) is 13.0. The van der Waals surface area contributed by atoms with E-state index in [4.69, 9.17) is 9.97 Å². The number of hydrogen-bond acceptors (Lipinski definition) is 3. The molecule has 0 bridgehead atoms. The molecule has 0 N–H and O–H groups in total. The smallest absolute Gasteiger partial charge is 0.159 e. The number of hydrogen-bond donors (Lipinski definition) is 0. The van der Waals surface area contributed by atoms with Crippen molar-refractivity contribution < 1.29 is 0 Å². The molecule has 0 atom stereocenters. The maximum Gasteiger partial charge on any atom is 0.159 e. The molecular weight excluding hydrogens is 837 g/mol. The first-order valence-corrected chi connectivity index (χ1v) is 23.9. The second-order valence-electron chi connectivity index (χ2n) is 19.4. The van der Waals surface area contributed by atoms with E-state index in [0.717, 1.165) is 39.3 Å². The van der Waals surface area contributed by atoms with Crippen molar-refractivity contribution in [3.8, 4) is 28.2 Å². The van der Waals surface area contributed by atoms with Crippen LogP contribution in [0.5, 0.6) is 0 Å². The molecule has 2 heterocycles. The molecule has 4 heteroatoms. The molecule has 1 aliphatic rings. The van der Waals surface area contributed by atoms with Crippen molar-refractivity contribution in [2.75, 3.05) is 4.90 Å². The highest BCUT2D eigenvalue weighted by Gasteiger charge is 2.46. The van der Waals surface area contributed by atoms with Crippen molar-refractivity contribution in [3.63, 3.8) is 0 Å². The summed E-state index contributed by atoms with van der Waals surface area (Å²) in [4.78, 5) is 12.7. The van der Waals surface area contributed by atoms with Crippen molar-refractivity contribution in [1.29, 1.82) is 0 Å². The Labute approximate surface area is 402 Å². The van der Waals surface area contributed by atoms with Crippen LogP contribution in [-0.2, 0) is 10.8 Å². The van der Waals surface area contributed by atoms with Gasteiger partial charge in [0.15, 0.2) is 5.82 Å². The molecule has 0 fully saturated rings. The molecule has 2 aromatic heterocycles. The van der Waals surface area contributed by atoms with Gasteiger partial charge in [0.1, 0.15) is 0 Å². The van der Waals surface area contributed by atoms with E-state index in [9.17, 15) is 0 Å². The Morgan fingerprint density at radius 2 is 1.03 bits per heavy atom. The van der Waals surface area contributed by atoms with Crippen LogP contribution >= 0.6 is 0 Å². The maximum absolute atomic E-state index is 5.18. The summed E-state index contributed by atoms with van der Waals surface area (Å²) >= 11 is 0. The van der Waals surface area contributed by atoms with Gasteiger partial charge in [0.2, 0.25) is 0 Å². The van der Waals surface area contributed by atoms with E-state index in [0.29, 0.717) is 5.82 Å². The highest BCUT2D eigenvalue weighted by Crippen LogP contribution is 2.56. The number of para-hydroxylation sites is 1. The van der Waals surface area contributed by atoms with Gasteiger partial charge in [-0.05, 0) is 103 Å². The topological polar surface area (TPSA) is 34.0 Å². The molecule has 13 rings (SSSR count). The van der Waals surface area contributed by atoms with Gasteiger partial charge < -0.3 is 9.47 Å². The summed E-state index contributed by atoms with van der Waals surface area (Å²) in [5, 5.41) is 7.17. The second-order valence-corrected chi connectivity index (χ2v) is 19.4. The number of nitrogens with zero attached hydrogens (tertiary/aromatic N) is 4. The Hall–Kier alpha value is -8.60. The van der Waals surface area contributed by atoms with Crippen LogP contribution in [0.1, 0.15) is 48.6 Å². The highest BCUT2D eigenvalue weighted by molar-refractivity contribution is 6.15.